The summed E-state index contributed by atoms with van der Waals surface area (Å²) < 4.78 is 5.78. The maximum absolute atomic E-state index is 9.70. The molecule has 2 aliphatic heterocycles. The molecule has 0 radical (unpaired) electrons. The molecule has 4 heteroatoms. The number of likely N-dealkylation sites (tertiary alicyclic amines) is 1. The monoisotopic (exact) mass is 284 g/mol. The van der Waals surface area contributed by atoms with Gasteiger partial charge >= 0.3 is 0 Å². The summed E-state index contributed by atoms with van der Waals surface area (Å²) in [6.07, 6.45) is 4.59. The molecule has 0 aromatic carbocycles. The van der Waals surface area contributed by atoms with Crippen LogP contribution in [0.5, 0.6) is 0 Å². The lowest BCUT2D eigenvalue weighted by atomic mass is 9.80. The van der Waals surface area contributed by atoms with Gasteiger partial charge in [0.05, 0.1) is 12.7 Å². The molecule has 2 heterocycles. The first-order valence-corrected chi connectivity index (χ1v) is 8.34. The summed E-state index contributed by atoms with van der Waals surface area (Å²) in [6, 6.07) is 0. The van der Waals surface area contributed by atoms with Crippen molar-refractivity contribution in [1.29, 1.82) is 0 Å². The maximum Gasteiger partial charge on any atom is 0.0546 e. The highest BCUT2D eigenvalue weighted by Gasteiger charge is 2.35. The van der Waals surface area contributed by atoms with Crippen LogP contribution in [0.15, 0.2) is 0 Å². The first-order valence-electron chi connectivity index (χ1n) is 8.34. The molecular weight excluding hydrogens is 252 g/mol. The van der Waals surface area contributed by atoms with Crippen LogP contribution in [0.2, 0.25) is 0 Å². The SMILES string of the molecule is CCNCC1(CN2CCC(C(C)O)CC2)CCCOC1. The van der Waals surface area contributed by atoms with Gasteiger partial charge in [0.25, 0.3) is 0 Å². The molecular formula is C16H32N2O2. The number of hydrogen-bond donors (Lipinski definition) is 2. The van der Waals surface area contributed by atoms with Gasteiger partial charge in [-0.05, 0) is 58.2 Å². The van der Waals surface area contributed by atoms with E-state index in [1.54, 1.807) is 0 Å². The Hall–Kier alpha value is -0.160. The highest BCUT2D eigenvalue weighted by molar-refractivity contribution is 4.89. The molecule has 0 saturated carbocycles. The van der Waals surface area contributed by atoms with Gasteiger partial charge in [0.2, 0.25) is 0 Å². The molecule has 2 rings (SSSR count). The van der Waals surface area contributed by atoms with Crippen molar-refractivity contribution >= 4 is 0 Å². The van der Waals surface area contributed by atoms with Crippen molar-refractivity contribution in [1.82, 2.24) is 10.2 Å². The molecule has 2 atom stereocenters. The van der Waals surface area contributed by atoms with Gasteiger partial charge < -0.3 is 20.1 Å². The van der Waals surface area contributed by atoms with Gasteiger partial charge in [-0.2, -0.15) is 0 Å². The Morgan fingerprint density at radius 3 is 2.70 bits per heavy atom. The Labute approximate surface area is 123 Å². The quantitative estimate of drug-likeness (QED) is 0.775. The minimum absolute atomic E-state index is 0.147. The van der Waals surface area contributed by atoms with Crippen molar-refractivity contribution in [2.75, 3.05) is 45.9 Å². The summed E-state index contributed by atoms with van der Waals surface area (Å²) in [4.78, 5) is 2.59. The molecule has 0 spiro atoms. The summed E-state index contributed by atoms with van der Waals surface area (Å²) in [5.74, 6) is 0.499. The molecule has 0 bridgehead atoms. The van der Waals surface area contributed by atoms with Crippen molar-refractivity contribution in [3.63, 3.8) is 0 Å². The van der Waals surface area contributed by atoms with Crippen molar-refractivity contribution in [2.45, 2.75) is 45.6 Å². The summed E-state index contributed by atoms with van der Waals surface area (Å²) in [7, 11) is 0. The van der Waals surface area contributed by atoms with E-state index in [2.05, 4.69) is 17.1 Å². The van der Waals surface area contributed by atoms with Crippen molar-refractivity contribution in [3.8, 4) is 0 Å². The van der Waals surface area contributed by atoms with Crippen LogP contribution < -0.4 is 5.32 Å². The second kappa shape index (κ2) is 7.74. The number of hydrogen-bond acceptors (Lipinski definition) is 4. The Kier molecular flexibility index (Phi) is 6.27. The number of rotatable bonds is 6. The lowest BCUT2D eigenvalue weighted by Gasteiger charge is -2.43. The van der Waals surface area contributed by atoms with Gasteiger partial charge in [-0.3, -0.25) is 0 Å². The number of piperidine rings is 1. The lowest BCUT2D eigenvalue weighted by Crippen LogP contribution is -2.51. The predicted molar refractivity (Wildman–Crippen MR) is 81.9 cm³/mol. The molecule has 0 amide bonds. The maximum atomic E-state index is 9.70. The number of nitrogens with one attached hydrogen (secondary N) is 1. The van der Waals surface area contributed by atoms with E-state index in [0.717, 1.165) is 58.8 Å². The fourth-order valence-electron chi connectivity index (χ4n) is 3.69. The Balaban J connectivity index is 1.85. The first-order chi connectivity index (χ1) is 9.65. The highest BCUT2D eigenvalue weighted by Crippen LogP contribution is 2.31. The second-order valence-electron chi connectivity index (χ2n) is 6.79. The molecule has 4 nitrogen and oxygen atoms in total. The first kappa shape index (κ1) is 16.2. The third kappa shape index (κ3) is 4.42. The highest BCUT2D eigenvalue weighted by atomic mass is 16.5. The van der Waals surface area contributed by atoms with Crippen LogP contribution in [0.4, 0.5) is 0 Å². The van der Waals surface area contributed by atoms with Crippen LogP contribution in [0, 0.1) is 11.3 Å². The van der Waals surface area contributed by atoms with Gasteiger partial charge in [0.1, 0.15) is 0 Å². The van der Waals surface area contributed by atoms with Crippen LogP contribution >= 0.6 is 0 Å². The van der Waals surface area contributed by atoms with E-state index in [9.17, 15) is 5.11 Å². The van der Waals surface area contributed by atoms with E-state index in [-0.39, 0.29) is 6.10 Å². The van der Waals surface area contributed by atoms with Crippen LogP contribution in [-0.4, -0.2) is 62.0 Å². The molecule has 2 fully saturated rings. The van der Waals surface area contributed by atoms with Gasteiger partial charge in [-0.15, -0.1) is 0 Å². The third-order valence-corrected chi connectivity index (χ3v) is 5.03. The van der Waals surface area contributed by atoms with Crippen molar-refractivity contribution in [2.24, 2.45) is 11.3 Å². The van der Waals surface area contributed by atoms with Crippen LogP contribution in [0.3, 0.4) is 0 Å². The van der Waals surface area contributed by atoms with E-state index in [1.165, 1.54) is 12.8 Å². The van der Waals surface area contributed by atoms with Crippen molar-refractivity contribution in [3.05, 3.63) is 0 Å². The van der Waals surface area contributed by atoms with E-state index in [0.29, 0.717) is 11.3 Å². The normalized spacial score (nSPS) is 31.4. The zero-order valence-electron chi connectivity index (χ0n) is 13.2. The topological polar surface area (TPSA) is 44.7 Å². The molecule has 0 aromatic rings. The lowest BCUT2D eigenvalue weighted by molar-refractivity contribution is -0.0341. The summed E-state index contributed by atoms with van der Waals surface area (Å²) in [6.45, 7) is 11.4. The minimum Gasteiger partial charge on any atom is -0.393 e. The average molecular weight is 284 g/mol. The molecule has 0 aliphatic carbocycles. The predicted octanol–water partition coefficient (Wildman–Crippen LogP) is 1.49. The number of aliphatic hydroxyl groups is 1. The fraction of sp³-hybridized carbons (Fsp3) is 1.00. The standard InChI is InChI=1S/C16H32N2O2/c1-3-17-11-16(7-4-10-20-13-16)12-18-8-5-15(6-9-18)14(2)19/h14-15,17,19H,3-13H2,1-2H3. The van der Waals surface area contributed by atoms with Gasteiger partial charge in [0.15, 0.2) is 0 Å². The summed E-state index contributed by atoms with van der Waals surface area (Å²) in [5.41, 5.74) is 0.298. The van der Waals surface area contributed by atoms with E-state index < -0.39 is 0 Å². The molecule has 0 aromatic heterocycles. The fourth-order valence-corrected chi connectivity index (χ4v) is 3.69. The van der Waals surface area contributed by atoms with Crippen LogP contribution in [-0.2, 0) is 4.74 Å². The Morgan fingerprint density at radius 1 is 1.40 bits per heavy atom. The molecule has 2 unspecified atom stereocenters. The van der Waals surface area contributed by atoms with Gasteiger partial charge in [0, 0.05) is 25.1 Å². The molecule has 2 aliphatic rings. The molecule has 2 saturated heterocycles. The summed E-state index contributed by atoms with van der Waals surface area (Å²) >= 11 is 0. The van der Waals surface area contributed by atoms with Crippen LogP contribution in [0.25, 0.3) is 0 Å². The van der Waals surface area contributed by atoms with E-state index in [4.69, 9.17) is 4.74 Å². The molecule has 20 heavy (non-hydrogen) atoms. The number of nitrogens with zero attached hydrogens (tertiary/aromatic N) is 1. The summed E-state index contributed by atoms with van der Waals surface area (Å²) in [5, 5.41) is 13.2. The zero-order valence-corrected chi connectivity index (χ0v) is 13.2. The second-order valence-corrected chi connectivity index (χ2v) is 6.79. The van der Waals surface area contributed by atoms with Gasteiger partial charge in [-0.1, -0.05) is 6.92 Å². The smallest absolute Gasteiger partial charge is 0.0546 e. The average Bonchev–Trinajstić information content (AvgIpc) is 2.47. The third-order valence-electron chi connectivity index (χ3n) is 5.03. The van der Waals surface area contributed by atoms with E-state index in [1.807, 2.05) is 6.92 Å². The minimum atomic E-state index is -0.147. The van der Waals surface area contributed by atoms with Gasteiger partial charge in [-0.25, -0.2) is 0 Å². The Morgan fingerprint density at radius 2 is 2.15 bits per heavy atom. The van der Waals surface area contributed by atoms with Crippen LogP contribution in [0.1, 0.15) is 39.5 Å². The van der Waals surface area contributed by atoms with E-state index >= 15 is 0 Å². The zero-order chi connectivity index (χ0) is 14.4. The molecule has 118 valence electrons. The van der Waals surface area contributed by atoms with Crippen molar-refractivity contribution < 1.29 is 9.84 Å². The largest absolute Gasteiger partial charge is 0.393 e. The number of aliphatic hydroxyl groups excluding tert-OH is 1. The molecule has 2 N–H and O–H groups in total. The number of ether oxygens (including phenoxy) is 1. The Bertz CT molecular complexity index is 270.